The maximum Gasteiger partial charge on any atom is 0.0232 e. The Morgan fingerprint density at radius 1 is 1.31 bits per heavy atom. The first kappa shape index (κ1) is 13.9. The van der Waals surface area contributed by atoms with Gasteiger partial charge in [0, 0.05) is 25.7 Å². The first-order valence-corrected chi connectivity index (χ1v) is 6.55. The second kappa shape index (κ2) is 5.99. The van der Waals surface area contributed by atoms with E-state index in [-0.39, 0.29) is 0 Å². The molecule has 1 aliphatic rings. The molecule has 0 aromatic carbocycles. The Bertz CT molecular complexity index is 203. The van der Waals surface area contributed by atoms with Gasteiger partial charge in [-0.25, -0.2) is 0 Å². The molecule has 1 heterocycles. The predicted molar refractivity (Wildman–Crippen MR) is 70.9 cm³/mol. The van der Waals surface area contributed by atoms with Gasteiger partial charge in [0.15, 0.2) is 0 Å². The maximum atomic E-state index is 3.26. The minimum absolute atomic E-state index is 0.416. The molecule has 0 aromatic heterocycles. The van der Waals surface area contributed by atoms with Gasteiger partial charge in [0.25, 0.3) is 0 Å². The molecule has 0 bridgehead atoms. The first-order valence-electron chi connectivity index (χ1n) is 6.55. The summed E-state index contributed by atoms with van der Waals surface area (Å²) >= 11 is 0. The summed E-state index contributed by atoms with van der Waals surface area (Å²) in [5.41, 5.74) is 0.416. The molecule has 16 heavy (non-hydrogen) atoms. The average molecular weight is 227 g/mol. The van der Waals surface area contributed by atoms with Gasteiger partial charge in [-0.3, -0.25) is 0 Å². The van der Waals surface area contributed by atoms with Crippen LogP contribution in [0.25, 0.3) is 0 Å². The third-order valence-electron chi connectivity index (χ3n) is 3.60. The van der Waals surface area contributed by atoms with E-state index in [9.17, 15) is 0 Å². The summed E-state index contributed by atoms with van der Waals surface area (Å²) in [6.07, 6.45) is 1.25. The Hall–Kier alpha value is -0.120. The highest BCUT2D eigenvalue weighted by atomic mass is 15.2. The van der Waals surface area contributed by atoms with E-state index in [1.165, 1.54) is 32.6 Å². The van der Waals surface area contributed by atoms with E-state index in [0.29, 0.717) is 11.5 Å². The molecular weight excluding hydrogens is 198 g/mol. The van der Waals surface area contributed by atoms with Crippen LogP contribution in [0.2, 0.25) is 0 Å². The standard InChI is InChI=1S/C13H29N3/c1-6-16-9-12(7-8-14-4)15(5)10-13(2,3)11-16/h12,14H,6-11H2,1-5H3. The van der Waals surface area contributed by atoms with Crippen molar-refractivity contribution in [3.05, 3.63) is 0 Å². The molecular formula is C13H29N3. The molecule has 1 unspecified atom stereocenters. The molecule has 1 atom stereocenters. The second-order valence-corrected chi connectivity index (χ2v) is 5.95. The van der Waals surface area contributed by atoms with Crippen LogP contribution in [-0.2, 0) is 0 Å². The number of nitrogens with one attached hydrogen (secondary N) is 1. The summed E-state index contributed by atoms with van der Waals surface area (Å²) in [6, 6.07) is 0.703. The second-order valence-electron chi connectivity index (χ2n) is 5.95. The highest BCUT2D eigenvalue weighted by Gasteiger charge is 2.31. The van der Waals surface area contributed by atoms with Crippen molar-refractivity contribution in [2.45, 2.75) is 33.2 Å². The van der Waals surface area contributed by atoms with Gasteiger partial charge in [0.2, 0.25) is 0 Å². The third-order valence-corrected chi connectivity index (χ3v) is 3.60. The van der Waals surface area contributed by atoms with Gasteiger partial charge in [-0.2, -0.15) is 0 Å². The van der Waals surface area contributed by atoms with Crippen LogP contribution in [-0.4, -0.2) is 62.7 Å². The van der Waals surface area contributed by atoms with E-state index >= 15 is 0 Å². The molecule has 0 aliphatic carbocycles. The molecule has 1 aliphatic heterocycles. The summed E-state index contributed by atoms with van der Waals surface area (Å²) in [7, 11) is 4.32. The number of likely N-dealkylation sites (N-methyl/N-ethyl adjacent to an activating group) is 2. The van der Waals surface area contributed by atoms with E-state index in [0.717, 1.165) is 6.54 Å². The van der Waals surface area contributed by atoms with Crippen molar-refractivity contribution >= 4 is 0 Å². The summed E-state index contributed by atoms with van der Waals surface area (Å²) in [6.45, 7) is 13.0. The van der Waals surface area contributed by atoms with Gasteiger partial charge in [0.1, 0.15) is 0 Å². The van der Waals surface area contributed by atoms with Crippen molar-refractivity contribution in [3.8, 4) is 0 Å². The highest BCUT2D eigenvalue weighted by molar-refractivity contribution is 4.86. The lowest BCUT2D eigenvalue weighted by atomic mass is 9.92. The smallest absolute Gasteiger partial charge is 0.0232 e. The molecule has 1 N–H and O–H groups in total. The van der Waals surface area contributed by atoms with Gasteiger partial charge >= 0.3 is 0 Å². The van der Waals surface area contributed by atoms with Gasteiger partial charge in [-0.05, 0) is 39.0 Å². The highest BCUT2D eigenvalue weighted by Crippen LogP contribution is 2.24. The van der Waals surface area contributed by atoms with Crippen molar-refractivity contribution in [1.29, 1.82) is 0 Å². The lowest BCUT2D eigenvalue weighted by Crippen LogP contribution is -2.40. The van der Waals surface area contributed by atoms with Crippen LogP contribution >= 0.6 is 0 Å². The van der Waals surface area contributed by atoms with Crippen molar-refractivity contribution in [2.75, 3.05) is 46.8 Å². The van der Waals surface area contributed by atoms with Crippen LogP contribution < -0.4 is 5.32 Å². The normalized spacial score (nSPS) is 27.9. The summed E-state index contributed by atoms with van der Waals surface area (Å²) < 4.78 is 0. The Morgan fingerprint density at radius 3 is 2.56 bits per heavy atom. The van der Waals surface area contributed by atoms with Crippen molar-refractivity contribution in [2.24, 2.45) is 5.41 Å². The molecule has 1 fully saturated rings. The number of hydrogen-bond acceptors (Lipinski definition) is 3. The molecule has 96 valence electrons. The van der Waals surface area contributed by atoms with E-state index in [4.69, 9.17) is 0 Å². The average Bonchev–Trinajstić information content (AvgIpc) is 2.31. The SMILES string of the molecule is CCN1CC(CCNC)N(C)CC(C)(C)C1. The zero-order valence-corrected chi connectivity index (χ0v) is 11.7. The Morgan fingerprint density at radius 2 is 2.00 bits per heavy atom. The van der Waals surface area contributed by atoms with Crippen LogP contribution in [0, 0.1) is 5.41 Å². The largest absolute Gasteiger partial charge is 0.320 e. The molecule has 0 amide bonds. The molecule has 0 aromatic rings. The minimum atomic E-state index is 0.416. The van der Waals surface area contributed by atoms with E-state index in [1.807, 2.05) is 7.05 Å². The van der Waals surface area contributed by atoms with Crippen LogP contribution in [0.3, 0.4) is 0 Å². The Kier molecular flexibility index (Phi) is 5.22. The molecule has 0 saturated carbocycles. The monoisotopic (exact) mass is 227 g/mol. The topological polar surface area (TPSA) is 18.5 Å². The maximum absolute atomic E-state index is 3.26. The number of nitrogens with zero attached hydrogens (tertiary/aromatic N) is 2. The Labute approximate surface area is 101 Å². The number of hydrogen-bond donors (Lipinski definition) is 1. The Balaban J connectivity index is 2.63. The van der Waals surface area contributed by atoms with E-state index in [2.05, 4.69) is 42.9 Å². The minimum Gasteiger partial charge on any atom is -0.320 e. The van der Waals surface area contributed by atoms with Gasteiger partial charge in [-0.1, -0.05) is 20.8 Å². The molecule has 3 nitrogen and oxygen atoms in total. The van der Waals surface area contributed by atoms with Crippen LogP contribution in [0.1, 0.15) is 27.2 Å². The lowest BCUT2D eigenvalue weighted by molar-refractivity contribution is 0.186. The fourth-order valence-electron chi connectivity index (χ4n) is 2.83. The predicted octanol–water partition coefficient (Wildman–Crippen LogP) is 1.26. The van der Waals surface area contributed by atoms with Gasteiger partial charge < -0.3 is 15.1 Å². The third kappa shape index (κ3) is 4.04. The fourth-order valence-corrected chi connectivity index (χ4v) is 2.83. The van der Waals surface area contributed by atoms with Crippen molar-refractivity contribution < 1.29 is 0 Å². The summed E-state index contributed by atoms with van der Waals surface area (Å²) in [5, 5.41) is 3.26. The zero-order chi connectivity index (χ0) is 12.2. The molecule has 3 heteroatoms. The van der Waals surface area contributed by atoms with E-state index < -0.39 is 0 Å². The molecule has 1 rings (SSSR count). The first-order chi connectivity index (χ1) is 7.48. The van der Waals surface area contributed by atoms with Gasteiger partial charge in [-0.15, -0.1) is 0 Å². The fraction of sp³-hybridized carbons (Fsp3) is 1.00. The number of rotatable bonds is 4. The zero-order valence-electron chi connectivity index (χ0n) is 11.7. The molecule has 1 saturated heterocycles. The molecule has 0 radical (unpaired) electrons. The van der Waals surface area contributed by atoms with Crippen molar-refractivity contribution in [3.63, 3.8) is 0 Å². The summed E-state index contributed by atoms with van der Waals surface area (Å²) in [4.78, 5) is 5.15. The van der Waals surface area contributed by atoms with Crippen LogP contribution in [0.15, 0.2) is 0 Å². The van der Waals surface area contributed by atoms with Crippen LogP contribution in [0.5, 0.6) is 0 Å². The van der Waals surface area contributed by atoms with Crippen LogP contribution in [0.4, 0.5) is 0 Å². The van der Waals surface area contributed by atoms with E-state index in [1.54, 1.807) is 0 Å². The molecule has 0 spiro atoms. The lowest BCUT2D eigenvalue weighted by Gasteiger charge is -2.30. The quantitative estimate of drug-likeness (QED) is 0.780. The van der Waals surface area contributed by atoms with Gasteiger partial charge in [0.05, 0.1) is 0 Å². The summed E-state index contributed by atoms with van der Waals surface area (Å²) in [5.74, 6) is 0. The van der Waals surface area contributed by atoms with Crippen molar-refractivity contribution in [1.82, 2.24) is 15.1 Å².